The van der Waals surface area contributed by atoms with Crippen LogP contribution in [-0.4, -0.2) is 81.2 Å². The molecule has 1 saturated heterocycles. The lowest BCUT2D eigenvalue weighted by Crippen LogP contribution is -2.49. The first-order chi connectivity index (χ1) is 19.7. The topological polar surface area (TPSA) is 120 Å². The van der Waals surface area contributed by atoms with Gasteiger partial charge < -0.3 is 24.8 Å². The second-order valence-corrected chi connectivity index (χ2v) is 10.4. The predicted octanol–water partition coefficient (Wildman–Crippen LogP) is 3.48. The molecule has 3 amide bonds. The van der Waals surface area contributed by atoms with Crippen molar-refractivity contribution < 1.29 is 27.5 Å². The maximum Gasteiger partial charge on any atom is 0.435 e. The third-order valence-corrected chi connectivity index (χ3v) is 8.03. The summed E-state index contributed by atoms with van der Waals surface area (Å²) >= 11 is 0. The summed E-state index contributed by atoms with van der Waals surface area (Å²) in [6.07, 6.45) is -0.902. The molecule has 0 atom stereocenters. The summed E-state index contributed by atoms with van der Waals surface area (Å²) in [7, 11) is 1.62. The Hall–Kier alpha value is -4.36. The van der Waals surface area contributed by atoms with E-state index in [0.717, 1.165) is 29.8 Å². The average Bonchev–Trinajstić information content (AvgIpc) is 3.35. The first-order valence-corrected chi connectivity index (χ1v) is 13.5. The monoisotopic (exact) mass is 570 g/mol. The molecular weight excluding hydrogens is 541 g/mol. The smallest absolute Gasteiger partial charge is 0.435 e. The molecule has 5 heterocycles. The van der Waals surface area contributed by atoms with Gasteiger partial charge in [-0.3, -0.25) is 9.89 Å². The van der Waals surface area contributed by atoms with E-state index in [1.54, 1.807) is 13.2 Å². The number of benzene rings is 1. The summed E-state index contributed by atoms with van der Waals surface area (Å²) in [6, 6.07) is 7.14. The second-order valence-electron chi connectivity index (χ2n) is 10.4. The van der Waals surface area contributed by atoms with Gasteiger partial charge in [-0.25, -0.2) is 14.8 Å². The Morgan fingerprint density at radius 1 is 1.07 bits per heavy atom. The van der Waals surface area contributed by atoms with Crippen LogP contribution in [0.1, 0.15) is 45.8 Å². The summed E-state index contributed by atoms with van der Waals surface area (Å²) < 4.78 is 45.4. The number of aromatic amines is 1. The van der Waals surface area contributed by atoms with Crippen LogP contribution < -0.4 is 15.0 Å². The van der Waals surface area contributed by atoms with E-state index in [0.29, 0.717) is 37.6 Å². The summed E-state index contributed by atoms with van der Waals surface area (Å²) in [4.78, 5) is 40.0. The summed E-state index contributed by atoms with van der Waals surface area (Å²) in [5, 5.41) is 8.90. The van der Waals surface area contributed by atoms with E-state index < -0.39 is 17.8 Å². The summed E-state index contributed by atoms with van der Waals surface area (Å²) in [5.74, 6) is 0.861. The predicted molar refractivity (Wildman–Crippen MR) is 142 cm³/mol. The molecule has 0 bridgehead atoms. The van der Waals surface area contributed by atoms with Gasteiger partial charge in [-0.1, -0.05) is 0 Å². The number of piperidine rings is 1. The minimum Gasteiger partial charge on any atom is -0.497 e. The van der Waals surface area contributed by atoms with Gasteiger partial charge in [-0.15, -0.1) is 0 Å². The fourth-order valence-corrected chi connectivity index (χ4v) is 5.81. The van der Waals surface area contributed by atoms with Crippen molar-refractivity contribution in [2.75, 3.05) is 43.5 Å². The third kappa shape index (κ3) is 5.25. The van der Waals surface area contributed by atoms with Crippen molar-refractivity contribution in [2.24, 2.45) is 0 Å². The second kappa shape index (κ2) is 10.6. The van der Waals surface area contributed by atoms with E-state index >= 15 is 0 Å². The number of rotatable bonds is 4. The molecule has 0 saturated carbocycles. The molecule has 3 aliphatic heterocycles. The Bertz CT molecular complexity index is 1470. The molecule has 6 rings (SSSR count). The van der Waals surface area contributed by atoms with Crippen LogP contribution in [0.3, 0.4) is 0 Å². The number of amides is 3. The number of hydrogen-bond acceptors (Lipinski definition) is 7. The van der Waals surface area contributed by atoms with Crippen LogP contribution in [0.15, 0.2) is 30.6 Å². The Morgan fingerprint density at radius 3 is 2.63 bits per heavy atom. The lowest BCUT2D eigenvalue weighted by atomic mass is 10.0. The van der Waals surface area contributed by atoms with Gasteiger partial charge in [0.1, 0.15) is 23.6 Å². The quantitative estimate of drug-likeness (QED) is 0.493. The maximum atomic E-state index is 13.4. The van der Waals surface area contributed by atoms with Gasteiger partial charge in [-0.05, 0) is 43.0 Å². The van der Waals surface area contributed by atoms with E-state index in [2.05, 4.69) is 25.5 Å². The van der Waals surface area contributed by atoms with E-state index in [1.165, 1.54) is 11.2 Å². The molecule has 1 fully saturated rings. The van der Waals surface area contributed by atoms with Crippen molar-refractivity contribution in [1.82, 2.24) is 30.0 Å². The lowest BCUT2D eigenvalue weighted by molar-refractivity contribution is -0.142. The number of hydrogen-bond donors (Lipinski definition) is 2. The first-order valence-electron chi connectivity index (χ1n) is 13.5. The minimum atomic E-state index is -4.60. The largest absolute Gasteiger partial charge is 0.497 e. The van der Waals surface area contributed by atoms with Gasteiger partial charge in [0.15, 0.2) is 5.69 Å². The van der Waals surface area contributed by atoms with Crippen molar-refractivity contribution >= 4 is 23.4 Å². The molecule has 0 spiro atoms. The number of nitrogens with one attached hydrogen (secondary N) is 2. The van der Waals surface area contributed by atoms with Gasteiger partial charge in [0, 0.05) is 61.7 Å². The van der Waals surface area contributed by atoms with Crippen LogP contribution in [0.25, 0.3) is 0 Å². The van der Waals surface area contributed by atoms with Gasteiger partial charge in [-0.2, -0.15) is 18.3 Å². The molecule has 3 aromatic rings. The van der Waals surface area contributed by atoms with Gasteiger partial charge in [0.05, 0.1) is 13.7 Å². The number of nitrogens with zero attached hydrogens (tertiary/aromatic N) is 6. The van der Waals surface area contributed by atoms with Crippen LogP contribution in [-0.2, 0) is 25.6 Å². The Balaban J connectivity index is 1.09. The third-order valence-electron chi connectivity index (χ3n) is 8.03. The van der Waals surface area contributed by atoms with Crippen LogP contribution in [0.5, 0.6) is 5.75 Å². The number of H-pyrrole nitrogens is 1. The Morgan fingerprint density at radius 2 is 1.88 bits per heavy atom. The highest BCUT2D eigenvalue weighted by atomic mass is 19.4. The summed E-state index contributed by atoms with van der Waals surface area (Å²) in [5.41, 5.74) is 1.35. The lowest BCUT2D eigenvalue weighted by Gasteiger charge is -2.38. The van der Waals surface area contributed by atoms with E-state index in [9.17, 15) is 22.8 Å². The molecule has 216 valence electrons. The van der Waals surface area contributed by atoms with Crippen LogP contribution in [0.4, 0.5) is 29.5 Å². The number of aromatic nitrogens is 4. The van der Waals surface area contributed by atoms with Crippen molar-refractivity contribution in [3.8, 4) is 5.75 Å². The fraction of sp³-hybridized carbons (Fsp3) is 0.444. The normalized spacial score (nSPS) is 18.0. The highest BCUT2D eigenvalue weighted by molar-refractivity contribution is 5.93. The molecule has 2 aromatic heterocycles. The SMILES string of the molecule is COc1ccc2c(c1)CCN(C1CCN(c3cc(C(=O)N4CCc5[nH]nc(C(F)(F)F)c5C4)ncn3)CC1)C(=O)N2. The van der Waals surface area contributed by atoms with Gasteiger partial charge >= 0.3 is 12.2 Å². The Labute approximate surface area is 233 Å². The number of urea groups is 1. The van der Waals surface area contributed by atoms with E-state index in [1.807, 2.05) is 28.0 Å². The molecule has 1 aromatic carbocycles. The van der Waals surface area contributed by atoms with Crippen molar-refractivity contribution in [3.63, 3.8) is 0 Å². The molecule has 0 radical (unpaired) electrons. The number of halogens is 3. The number of carbonyl (C=O) groups is 2. The maximum absolute atomic E-state index is 13.4. The van der Waals surface area contributed by atoms with Crippen LogP contribution >= 0.6 is 0 Å². The van der Waals surface area contributed by atoms with E-state index in [-0.39, 0.29) is 42.8 Å². The molecular formula is C27H29F3N8O3. The zero-order valence-electron chi connectivity index (χ0n) is 22.4. The number of ether oxygens (including phenoxy) is 1. The number of alkyl halides is 3. The number of anilines is 2. The molecule has 41 heavy (non-hydrogen) atoms. The number of carbonyl (C=O) groups excluding carboxylic acids is 2. The van der Waals surface area contributed by atoms with Crippen molar-refractivity contribution in [3.05, 3.63) is 58.8 Å². The highest BCUT2D eigenvalue weighted by Gasteiger charge is 2.40. The van der Waals surface area contributed by atoms with Crippen LogP contribution in [0, 0.1) is 0 Å². The summed E-state index contributed by atoms with van der Waals surface area (Å²) in [6.45, 7) is 1.89. The van der Waals surface area contributed by atoms with Gasteiger partial charge in [0.25, 0.3) is 5.91 Å². The number of fused-ring (bicyclic) bond motifs is 2. The molecule has 11 nitrogen and oxygen atoms in total. The average molecular weight is 571 g/mol. The van der Waals surface area contributed by atoms with E-state index in [4.69, 9.17) is 4.74 Å². The molecule has 14 heteroatoms. The number of methoxy groups -OCH3 is 1. The fourth-order valence-electron chi connectivity index (χ4n) is 5.81. The van der Waals surface area contributed by atoms with Gasteiger partial charge in [0.2, 0.25) is 0 Å². The molecule has 2 N–H and O–H groups in total. The minimum absolute atomic E-state index is 0.00626. The molecule has 3 aliphatic rings. The van der Waals surface area contributed by atoms with Crippen molar-refractivity contribution in [2.45, 2.75) is 44.4 Å². The zero-order valence-corrected chi connectivity index (χ0v) is 22.4. The van der Waals surface area contributed by atoms with Crippen molar-refractivity contribution in [1.29, 1.82) is 0 Å². The molecule has 0 aliphatic carbocycles. The molecule has 0 unspecified atom stereocenters. The highest BCUT2D eigenvalue weighted by Crippen LogP contribution is 2.34. The first kappa shape index (κ1) is 26.8. The van der Waals surface area contributed by atoms with Crippen LogP contribution in [0.2, 0.25) is 0 Å². The Kier molecular flexibility index (Phi) is 6.91. The zero-order chi connectivity index (χ0) is 28.7. The standard InChI is InChI=1S/C27H29F3N8O3/c1-41-18-2-3-20-16(12-18)4-11-38(26(40)33-20)17-5-8-36(9-6-17)23-13-22(31-15-32-23)25(39)37-10-7-21-19(14-37)24(35-34-21)27(28,29)30/h2-3,12-13,15,17H,4-11,14H2,1H3,(H,33,40)(H,34,35).